The zero-order valence-corrected chi connectivity index (χ0v) is 11.8. The van der Waals surface area contributed by atoms with E-state index >= 15 is 0 Å². The average Bonchev–Trinajstić information content (AvgIpc) is 2.39. The van der Waals surface area contributed by atoms with Gasteiger partial charge in [0.1, 0.15) is 0 Å². The summed E-state index contributed by atoms with van der Waals surface area (Å²) in [5.74, 6) is 0.154. The van der Waals surface area contributed by atoms with Crippen LogP contribution in [0.3, 0.4) is 0 Å². The van der Waals surface area contributed by atoms with E-state index in [1.165, 1.54) is 6.07 Å². The van der Waals surface area contributed by atoms with Gasteiger partial charge in [0.25, 0.3) is 5.69 Å². The van der Waals surface area contributed by atoms with E-state index in [0.717, 1.165) is 18.5 Å². The van der Waals surface area contributed by atoms with Gasteiger partial charge in [0.05, 0.1) is 10.8 Å². The summed E-state index contributed by atoms with van der Waals surface area (Å²) in [5, 5.41) is 10.8. The fourth-order valence-electron chi connectivity index (χ4n) is 2.12. The third-order valence-corrected chi connectivity index (χ3v) is 3.59. The monoisotopic (exact) mass is 270 g/mol. The van der Waals surface area contributed by atoms with Crippen LogP contribution in [0.15, 0.2) is 18.2 Å². The molecular formula is C13H19ClN2O2. The molecule has 100 valence electrons. The molecular weight excluding hydrogens is 252 g/mol. The Morgan fingerprint density at radius 3 is 2.44 bits per heavy atom. The van der Waals surface area contributed by atoms with Gasteiger partial charge in [-0.25, -0.2) is 0 Å². The van der Waals surface area contributed by atoms with Crippen LogP contribution in [0.4, 0.5) is 11.4 Å². The van der Waals surface area contributed by atoms with Crippen LogP contribution in [0.1, 0.15) is 32.3 Å². The van der Waals surface area contributed by atoms with E-state index in [4.69, 9.17) is 11.6 Å². The Morgan fingerprint density at radius 1 is 1.39 bits per heavy atom. The first kappa shape index (κ1) is 14.8. The minimum Gasteiger partial charge on any atom is -0.372 e. The number of nitrogens with zero attached hydrogens (tertiary/aromatic N) is 2. The lowest BCUT2D eigenvalue weighted by atomic mass is 10.1. The number of hydrogen-bond acceptors (Lipinski definition) is 3. The van der Waals surface area contributed by atoms with Crippen molar-refractivity contribution in [2.24, 2.45) is 0 Å². The van der Waals surface area contributed by atoms with Gasteiger partial charge in [-0.15, -0.1) is 11.6 Å². The third-order valence-electron chi connectivity index (χ3n) is 3.30. The van der Waals surface area contributed by atoms with Gasteiger partial charge in [-0.3, -0.25) is 10.1 Å². The van der Waals surface area contributed by atoms with Crippen molar-refractivity contribution in [3.05, 3.63) is 33.9 Å². The molecule has 1 aromatic carbocycles. The van der Waals surface area contributed by atoms with Crippen molar-refractivity contribution in [2.75, 3.05) is 11.9 Å². The minimum absolute atomic E-state index is 0.0895. The number of alkyl halides is 1. The minimum atomic E-state index is -0.390. The first-order valence-electron chi connectivity index (χ1n) is 6.11. The van der Waals surface area contributed by atoms with Gasteiger partial charge < -0.3 is 4.90 Å². The lowest BCUT2D eigenvalue weighted by molar-refractivity contribution is -0.385. The molecule has 0 aliphatic carbocycles. The van der Waals surface area contributed by atoms with E-state index in [0.29, 0.717) is 11.6 Å². The van der Waals surface area contributed by atoms with Gasteiger partial charge in [-0.2, -0.15) is 0 Å². The lowest BCUT2D eigenvalue weighted by Crippen LogP contribution is -2.30. The SMILES string of the molecule is CCC(CC)N(C)c1ccc([N+](=O)[O-])c(CCl)c1. The Kier molecular flexibility index (Phi) is 5.41. The topological polar surface area (TPSA) is 46.4 Å². The largest absolute Gasteiger partial charge is 0.372 e. The number of anilines is 1. The summed E-state index contributed by atoms with van der Waals surface area (Å²) in [6, 6.07) is 5.57. The fraction of sp³-hybridized carbons (Fsp3) is 0.538. The van der Waals surface area contributed by atoms with E-state index in [9.17, 15) is 10.1 Å². The Morgan fingerprint density at radius 2 is 2.00 bits per heavy atom. The standard InChI is InChI=1S/C13H19ClN2O2/c1-4-11(5-2)15(3)12-6-7-13(16(17)18)10(8-12)9-14/h6-8,11H,4-5,9H2,1-3H3. The fourth-order valence-corrected chi connectivity index (χ4v) is 2.34. The zero-order chi connectivity index (χ0) is 13.7. The van der Waals surface area contributed by atoms with E-state index < -0.39 is 4.92 Å². The van der Waals surface area contributed by atoms with Crippen LogP contribution in [0.5, 0.6) is 0 Å². The summed E-state index contributed by atoms with van der Waals surface area (Å²) in [5.41, 5.74) is 1.63. The quantitative estimate of drug-likeness (QED) is 0.447. The molecule has 0 N–H and O–H groups in total. The summed E-state index contributed by atoms with van der Waals surface area (Å²) < 4.78 is 0. The maximum Gasteiger partial charge on any atom is 0.273 e. The molecule has 0 heterocycles. The lowest BCUT2D eigenvalue weighted by Gasteiger charge is -2.28. The second-order valence-electron chi connectivity index (χ2n) is 4.28. The molecule has 0 atom stereocenters. The van der Waals surface area contributed by atoms with Crippen LogP contribution in [-0.2, 0) is 5.88 Å². The van der Waals surface area contributed by atoms with E-state index in [1.807, 2.05) is 13.1 Å². The summed E-state index contributed by atoms with van der Waals surface area (Å²) in [6.07, 6.45) is 2.08. The number of rotatable bonds is 6. The Balaban J connectivity index is 3.08. The van der Waals surface area contributed by atoms with Gasteiger partial charge >= 0.3 is 0 Å². The average molecular weight is 271 g/mol. The first-order chi connectivity index (χ1) is 8.54. The molecule has 0 aliphatic heterocycles. The van der Waals surface area contributed by atoms with Crippen LogP contribution >= 0.6 is 11.6 Å². The third kappa shape index (κ3) is 3.13. The maximum absolute atomic E-state index is 10.8. The van der Waals surface area contributed by atoms with Crippen LogP contribution in [-0.4, -0.2) is 18.0 Å². The molecule has 0 fully saturated rings. The highest BCUT2D eigenvalue weighted by atomic mass is 35.5. The van der Waals surface area contributed by atoms with Crippen molar-refractivity contribution in [3.63, 3.8) is 0 Å². The summed E-state index contributed by atoms with van der Waals surface area (Å²) in [6.45, 7) is 4.27. The molecule has 0 aromatic heterocycles. The van der Waals surface area contributed by atoms with Crippen molar-refractivity contribution >= 4 is 23.0 Å². The van der Waals surface area contributed by atoms with Gasteiger partial charge in [-0.1, -0.05) is 13.8 Å². The Hall–Kier alpha value is -1.29. The van der Waals surface area contributed by atoms with E-state index in [-0.39, 0.29) is 11.6 Å². The Bertz CT molecular complexity index is 419. The normalized spacial score (nSPS) is 10.7. The number of benzene rings is 1. The van der Waals surface area contributed by atoms with Crippen molar-refractivity contribution < 1.29 is 4.92 Å². The summed E-state index contributed by atoms with van der Waals surface area (Å²) in [7, 11) is 2.01. The molecule has 0 radical (unpaired) electrons. The summed E-state index contributed by atoms with van der Waals surface area (Å²) in [4.78, 5) is 12.6. The highest BCUT2D eigenvalue weighted by molar-refractivity contribution is 6.17. The second kappa shape index (κ2) is 6.59. The number of nitro benzene ring substituents is 1. The smallest absolute Gasteiger partial charge is 0.273 e. The van der Waals surface area contributed by atoms with Gasteiger partial charge in [0, 0.05) is 30.4 Å². The molecule has 0 spiro atoms. The predicted octanol–water partition coefficient (Wildman–Crippen LogP) is 3.96. The second-order valence-corrected chi connectivity index (χ2v) is 4.55. The molecule has 0 saturated carbocycles. The van der Waals surface area contributed by atoms with Crippen LogP contribution in [0.25, 0.3) is 0 Å². The summed E-state index contributed by atoms with van der Waals surface area (Å²) >= 11 is 5.78. The van der Waals surface area contributed by atoms with Gasteiger partial charge in [0.15, 0.2) is 0 Å². The zero-order valence-electron chi connectivity index (χ0n) is 11.0. The molecule has 0 bridgehead atoms. The molecule has 0 aliphatic rings. The number of halogens is 1. The highest BCUT2D eigenvalue weighted by Gasteiger charge is 2.17. The molecule has 5 heteroatoms. The molecule has 1 rings (SSSR count). The van der Waals surface area contributed by atoms with Crippen molar-refractivity contribution in [3.8, 4) is 0 Å². The number of hydrogen-bond donors (Lipinski definition) is 0. The van der Waals surface area contributed by atoms with Crippen LogP contribution in [0.2, 0.25) is 0 Å². The van der Waals surface area contributed by atoms with Crippen molar-refractivity contribution in [1.82, 2.24) is 0 Å². The van der Waals surface area contributed by atoms with Crippen molar-refractivity contribution in [1.29, 1.82) is 0 Å². The maximum atomic E-state index is 10.8. The molecule has 18 heavy (non-hydrogen) atoms. The molecule has 1 aromatic rings. The molecule has 4 nitrogen and oxygen atoms in total. The number of nitro groups is 1. The van der Waals surface area contributed by atoms with Crippen LogP contribution in [0, 0.1) is 10.1 Å². The van der Waals surface area contributed by atoms with Crippen molar-refractivity contribution in [2.45, 2.75) is 38.6 Å². The van der Waals surface area contributed by atoms with E-state index in [2.05, 4.69) is 18.7 Å². The van der Waals surface area contributed by atoms with E-state index in [1.54, 1.807) is 6.07 Å². The van der Waals surface area contributed by atoms with Crippen LogP contribution < -0.4 is 4.90 Å². The highest BCUT2D eigenvalue weighted by Crippen LogP contribution is 2.27. The van der Waals surface area contributed by atoms with Gasteiger partial charge in [0.2, 0.25) is 0 Å². The molecule has 0 saturated heterocycles. The Labute approximate surface area is 113 Å². The molecule has 0 amide bonds. The van der Waals surface area contributed by atoms with Gasteiger partial charge in [-0.05, 0) is 25.0 Å². The molecule has 0 unspecified atom stereocenters. The predicted molar refractivity (Wildman–Crippen MR) is 75.4 cm³/mol. The first-order valence-corrected chi connectivity index (χ1v) is 6.64.